The van der Waals surface area contributed by atoms with Crippen molar-refractivity contribution in [3.05, 3.63) is 42.0 Å². The number of methoxy groups -OCH3 is 2. The van der Waals surface area contributed by atoms with Crippen molar-refractivity contribution in [2.45, 2.75) is 31.6 Å². The molecule has 1 fully saturated rings. The van der Waals surface area contributed by atoms with Crippen LogP contribution >= 0.6 is 11.3 Å². The molecular formula is C28H39N5O5S2. The first-order chi connectivity index (χ1) is 19.3. The van der Waals surface area contributed by atoms with Gasteiger partial charge in [0.2, 0.25) is 10.0 Å². The van der Waals surface area contributed by atoms with Crippen molar-refractivity contribution in [2.75, 3.05) is 71.5 Å². The van der Waals surface area contributed by atoms with Gasteiger partial charge in [-0.1, -0.05) is 31.6 Å². The van der Waals surface area contributed by atoms with Crippen molar-refractivity contribution in [3.8, 4) is 11.5 Å². The number of piperazine rings is 1. The number of aromatic nitrogens is 1. The number of nitrogens with zero attached hydrogens (tertiary/aromatic N) is 4. The number of sulfonamides is 1. The molecule has 0 unspecified atom stereocenters. The molecule has 12 heteroatoms. The highest BCUT2D eigenvalue weighted by molar-refractivity contribution is 7.89. The fourth-order valence-electron chi connectivity index (χ4n) is 4.71. The normalized spacial score (nSPS) is 14.6. The fourth-order valence-corrected chi connectivity index (χ4v) is 7.33. The summed E-state index contributed by atoms with van der Waals surface area (Å²) in [6, 6.07) is 9.98. The lowest BCUT2D eigenvalue weighted by molar-refractivity contribution is 0.0947. The van der Waals surface area contributed by atoms with Gasteiger partial charge in [0.15, 0.2) is 5.13 Å². The van der Waals surface area contributed by atoms with Gasteiger partial charge < -0.3 is 19.7 Å². The molecule has 0 radical (unpaired) electrons. The first-order valence-corrected chi connectivity index (χ1v) is 15.9. The Balaban J connectivity index is 1.26. The number of carbonyl (C=O) groups is 1. The Kier molecular flexibility index (Phi) is 10.2. The molecule has 10 nitrogen and oxygen atoms in total. The molecule has 0 aliphatic carbocycles. The van der Waals surface area contributed by atoms with Gasteiger partial charge in [-0.15, -0.1) is 0 Å². The first kappa shape index (κ1) is 30.0. The molecular weight excluding hydrogens is 550 g/mol. The van der Waals surface area contributed by atoms with Crippen LogP contribution in [0.15, 0.2) is 41.3 Å². The molecule has 1 aliphatic heterocycles. The third kappa shape index (κ3) is 6.68. The molecule has 40 heavy (non-hydrogen) atoms. The molecule has 1 aliphatic rings. The van der Waals surface area contributed by atoms with E-state index in [1.54, 1.807) is 37.7 Å². The Bertz CT molecular complexity index is 1350. The minimum Gasteiger partial charge on any atom is -0.495 e. The molecule has 1 amide bonds. The third-order valence-corrected chi connectivity index (χ3v) is 10.2. The Labute approximate surface area is 240 Å². The summed E-state index contributed by atoms with van der Waals surface area (Å²) in [5.74, 6) is 1.32. The molecule has 0 atom stereocenters. The lowest BCUT2D eigenvalue weighted by Gasteiger charge is -2.34. The first-order valence-electron chi connectivity index (χ1n) is 13.7. The van der Waals surface area contributed by atoms with Gasteiger partial charge in [-0.25, -0.2) is 13.4 Å². The van der Waals surface area contributed by atoms with Crippen LogP contribution in [0.4, 0.5) is 5.13 Å². The highest BCUT2D eigenvalue weighted by Gasteiger charge is 2.24. The average Bonchev–Trinajstić information content (AvgIpc) is 3.43. The zero-order valence-electron chi connectivity index (χ0n) is 23.7. The zero-order valence-corrected chi connectivity index (χ0v) is 25.3. The van der Waals surface area contributed by atoms with E-state index in [-0.39, 0.29) is 10.8 Å². The number of amides is 1. The summed E-state index contributed by atoms with van der Waals surface area (Å²) in [6.07, 6.45) is 1.74. The van der Waals surface area contributed by atoms with Gasteiger partial charge in [-0.05, 0) is 42.8 Å². The Morgan fingerprint density at radius 1 is 1.02 bits per heavy atom. The van der Waals surface area contributed by atoms with E-state index >= 15 is 0 Å². The van der Waals surface area contributed by atoms with E-state index in [0.29, 0.717) is 25.2 Å². The van der Waals surface area contributed by atoms with Crippen molar-refractivity contribution < 1.29 is 22.7 Å². The quantitative estimate of drug-likeness (QED) is 0.322. The van der Waals surface area contributed by atoms with Gasteiger partial charge in [0.1, 0.15) is 21.7 Å². The second-order valence-corrected chi connectivity index (χ2v) is 12.5. The number of thiazole rings is 1. The van der Waals surface area contributed by atoms with E-state index in [1.165, 1.54) is 16.4 Å². The van der Waals surface area contributed by atoms with Crippen LogP contribution in [0.5, 0.6) is 11.5 Å². The number of anilines is 1. The van der Waals surface area contributed by atoms with Gasteiger partial charge in [-0.3, -0.25) is 9.69 Å². The maximum Gasteiger partial charge on any atom is 0.251 e. The second-order valence-electron chi connectivity index (χ2n) is 9.60. The largest absolute Gasteiger partial charge is 0.495 e. The minimum atomic E-state index is -3.56. The number of hydrogen-bond acceptors (Lipinski definition) is 9. The standard InChI is InChI=1S/C28H39N5O5S2/c1-5-7-15-33(6-2)40(35,36)22-10-8-21(9-11-22)27(34)29-14-16-31-17-19-32(20-18-31)28-30-25-23(37-3)12-13-24(38-4)26(25)39-28/h8-13H,5-7,14-20H2,1-4H3,(H,29,34). The average molecular weight is 590 g/mol. The lowest BCUT2D eigenvalue weighted by atomic mass is 10.2. The Morgan fingerprint density at radius 2 is 1.70 bits per heavy atom. The summed E-state index contributed by atoms with van der Waals surface area (Å²) < 4.78 is 39.3. The number of unbranched alkanes of at least 4 members (excludes halogenated alkanes) is 1. The summed E-state index contributed by atoms with van der Waals surface area (Å²) in [6.45, 7) is 9.42. The summed E-state index contributed by atoms with van der Waals surface area (Å²) in [4.78, 5) is 22.3. The van der Waals surface area contributed by atoms with E-state index in [9.17, 15) is 13.2 Å². The number of nitrogens with one attached hydrogen (secondary N) is 1. The fraction of sp³-hybridized carbons (Fsp3) is 0.500. The Hall–Kier alpha value is -2.93. The van der Waals surface area contributed by atoms with Gasteiger partial charge >= 0.3 is 0 Å². The Morgan fingerprint density at radius 3 is 2.33 bits per heavy atom. The zero-order chi connectivity index (χ0) is 28.7. The molecule has 4 rings (SSSR count). The van der Waals surface area contributed by atoms with Crippen molar-refractivity contribution >= 4 is 42.6 Å². The SMILES string of the molecule is CCCCN(CC)S(=O)(=O)c1ccc(C(=O)NCCN2CCN(c3nc4c(OC)ccc(OC)c4s3)CC2)cc1. The summed E-state index contributed by atoms with van der Waals surface area (Å²) >= 11 is 1.61. The number of fused-ring (bicyclic) bond motifs is 1. The molecule has 2 heterocycles. The van der Waals surface area contributed by atoms with E-state index in [1.807, 2.05) is 26.0 Å². The van der Waals surface area contributed by atoms with E-state index < -0.39 is 10.0 Å². The van der Waals surface area contributed by atoms with Crippen LogP contribution < -0.4 is 19.7 Å². The van der Waals surface area contributed by atoms with Crippen LogP contribution in [0.3, 0.4) is 0 Å². The number of benzene rings is 2. The summed E-state index contributed by atoms with van der Waals surface area (Å²) in [5, 5.41) is 3.91. The predicted octanol–water partition coefficient (Wildman–Crippen LogP) is 3.68. The van der Waals surface area contributed by atoms with E-state index in [0.717, 1.165) is 72.4 Å². The smallest absolute Gasteiger partial charge is 0.251 e. The molecule has 218 valence electrons. The molecule has 3 aromatic rings. The molecule has 1 saturated heterocycles. The van der Waals surface area contributed by atoms with Gasteiger partial charge in [0.05, 0.1) is 19.1 Å². The predicted molar refractivity (Wildman–Crippen MR) is 159 cm³/mol. The van der Waals surface area contributed by atoms with Gasteiger partial charge in [0, 0.05) is 57.9 Å². The number of hydrogen-bond donors (Lipinski definition) is 1. The van der Waals surface area contributed by atoms with Gasteiger partial charge in [-0.2, -0.15) is 4.31 Å². The highest BCUT2D eigenvalue weighted by atomic mass is 32.2. The lowest BCUT2D eigenvalue weighted by Crippen LogP contribution is -2.48. The van der Waals surface area contributed by atoms with Crippen LogP contribution in [0, 0.1) is 0 Å². The van der Waals surface area contributed by atoms with Crippen molar-refractivity contribution in [2.24, 2.45) is 0 Å². The van der Waals surface area contributed by atoms with Crippen LogP contribution in [-0.4, -0.2) is 95.1 Å². The molecule has 2 aromatic carbocycles. The van der Waals surface area contributed by atoms with Crippen LogP contribution in [0.1, 0.15) is 37.0 Å². The van der Waals surface area contributed by atoms with Crippen LogP contribution in [-0.2, 0) is 10.0 Å². The van der Waals surface area contributed by atoms with Crippen molar-refractivity contribution in [3.63, 3.8) is 0 Å². The summed E-state index contributed by atoms with van der Waals surface area (Å²) in [5.41, 5.74) is 1.26. The number of carbonyl (C=O) groups excluding carboxylic acids is 1. The summed E-state index contributed by atoms with van der Waals surface area (Å²) in [7, 11) is -0.257. The topological polar surface area (TPSA) is 104 Å². The minimum absolute atomic E-state index is 0.210. The monoisotopic (exact) mass is 589 g/mol. The maximum absolute atomic E-state index is 12.9. The number of ether oxygens (including phenoxy) is 2. The molecule has 1 aromatic heterocycles. The molecule has 0 bridgehead atoms. The molecule has 0 saturated carbocycles. The van der Waals surface area contributed by atoms with Gasteiger partial charge in [0.25, 0.3) is 5.91 Å². The van der Waals surface area contributed by atoms with E-state index in [4.69, 9.17) is 14.5 Å². The van der Waals surface area contributed by atoms with Crippen LogP contribution in [0.2, 0.25) is 0 Å². The maximum atomic E-state index is 12.9. The third-order valence-electron chi connectivity index (χ3n) is 7.12. The van der Waals surface area contributed by atoms with Crippen LogP contribution in [0.25, 0.3) is 10.2 Å². The highest BCUT2D eigenvalue weighted by Crippen LogP contribution is 2.40. The second kappa shape index (κ2) is 13.6. The molecule has 1 N–H and O–H groups in total. The van der Waals surface area contributed by atoms with Crippen molar-refractivity contribution in [1.29, 1.82) is 0 Å². The molecule has 0 spiro atoms. The van der Waals surface area contributed by atoms with E-state index in [2.05, 4.69) is 15.1 Å². The van der Waals surface area contributed by atoms with Crippen molar-refractivity contribution in [1.82, 2.24) is 19.5 Å². The number of rotatable bonds is 13.